The van der Waals surface area contributed by atoms with Gasteiger partial charge in [0.15, 0.2) is 23.2 Å². The van der Waals surface area contributed by atoms with Gasteiger partial charge in [0.05, 0.1) is 5.56 Å². The summed E-state index contributed by atoms with van der Waals surface area (Å²) in [5, 5.41) is 0. The van der Waals surface area contributed by atoms with Crippen molar-refractivity contribution in [2.45, 2.75) is 6.42 Å². The second-order valence-electron chi connectivity index (χ2n) is 3.68. The number of Topliss-reactive ketones (excluding diaryl/α,β-unsaturated/α-hetero) is 1. The number of carbonyl (C=O) groups excluding carboxylic acids is 1. The molecule has 1 aromatic heterocycles. The molecule has 0 fully saturated rings. The maximum atomic E-state index is 13.4. The molecule has 2 aromatic rings. The van der Waals surface area contributed by atoms with Crippen molar-refractivity contribution in [1.82, 2.24) is 4.98 Å². The van der Waals surface area contributed by atoms with Gasteiger partial charge in [0, 0.05) is 18.8 Å². The van der Waals surface area contributed by atoms with E-state index in [-0.39, 0.29) is 6.42 Å². The van der Waals surface area contributed by atoms with Gasteiger partial charge in [-0.25, -0.2) is 13.2 Å². The summed E-state index contributed by atoms with van der Waals surface area (Å²) in [7, 11) is 0. The van der Waals surface area contributed by atoms with E-state index >= 15 is 0 Å². The Balaban J connectivity index is 2.28. The highest BCUT2D eigenvalue weighted by Crippen LogP contribution is 2.17. The molecule has 0 saturated heterocycles. The van der Waals surface area contributed by atoms with Gasteiger partial charge in [-0.15, -0.1) is 0 Å². The second kappa shape index (κ2) is 5.00. The van der Waals surface area contributed by atoms with Crippen LogP contribution in [0.2, 0.25) is 0 Å². The zero-order chi connectivity index (χ0) is 13.1. The Kier molecular flexibility index (Phi) is 3.41. The van der Waals surface area contributed by atoms with Crippen LogP contribution >= 0.6 is 0 Å². The summed E-state index contributed by atoms with van der Waals surface area (Å²) in [6.07, 6.45) is 2.89. The van der Waals surface area contributed by atoms with Crippen LogP contribution in [0.25, 0.3) is 0 Å². The van der Waals surface area contributed by atoms with Crippen LogP contribution in [0.4, 0.5) is 13.2 Å². The Morgan fingerprint density at radius 3 is 2.33 bits per heavy atom. The first kappa shape index (κ1) is 12.3. The Labute approximate surface area is 101 Å². The Morgan fingerprint density at radius 2 is 1.67 bits per heavy atom. The number of rotatable bonds is 3. The molecule has 0 N–H and O–H groups in total. The minimum absolute atomic E-state index is 0.0927. The molecule has 0 atom stereocenters. The van der Waals surface area contributed by atoms with E-state index in [1.807, 2.05) is 0 Å². The summed E-state index contributed by atoms with van der Waals surface area (Å²) in [6.45, 7) is 0. The maximum Gasteiger partial charge on any atom is 0.195 e. The van der Waals surface area contributed by atoms with E-state index in [4.69, 9.17) is 0 Å². The molecule has 0 bridgehead atoms. The smallest absolute Gasteiger partial charge is 0.195 e. The normalized spacial score (nSPS) is 10.4. The zero-order valence-electron chi connectivity index (χ0n) is 9.16. The van der Waals surface area contributed by atoms with Gasteiger partial charge in [0.1, 0.15) is 0 Å². The third kappa shape index (κ3) is 2.40. The highest BCUT2D eigenvalue weighted by Gasteiger charge is 2.18. The average Bonchev–Trinajstić information content (AvgIpc) is 2.37. The van der Waals surface area contributed by atoms with Crippen LogP contribution < -0.4 is 0 Å². The number of halogens is 3. The van der Waals surface area contributed by atoms with Gasteiger partial charge in [0.2, 0.25) is 0 Å². The predicted octanol–water partition coefficient (Wildman–Crippen LogP) is 2.92. The molecule has 2 rings (SSSR count). The van der Waals surface area contributed by atoms with Crippen molar-refractivity contribution in [1.29, 1.82) is 0 Å². The molecule has 0 unspecified atom stereocenters. The summed E-state index contributed by atoms with van der Waals surface area (Å²) in [6, 6.07) is 4.86. The van der Waals surface area contributed by atoms with Crippen molar-refractivity contribution in [2.75, 3.05) is 0 Å². The van der Waals surface area contributed by atoms with Gasteiger partial charge in [-0.2, -0.15) is 0 Å². The second-order valence-corrected chi connectivity index (χ2v) is 3.68. The fraction of sp³-hybridized carbons (Fsp3) is 0.0769. The van der Waals surface area contributed by atoms with E-state index in [1.54, 1.807) is 12.1 Å². The Morgan fingerprint density at radius 1 is 1.00 bits per heavy atom. The molecular weight excluding hydrogens is 243 g/mol. The predicted molar refractivity (Wildman–Crippen MR) is 58.6 cm³/mol. The van der Waals surface area contributed by atoms with Crippen LogP contribution in [0.3, 0.4) is 0 Å². The summed E-state index contributed by atoms with van der Waals surface area (Å²) < 4.78 is 39.1. The molecule has 0 aliphatic rings. The van der Waals surface area contributed by atoms with E-state index in [0.717, 1.165) is 12.1 Å². The highest BCUT2D eigenvalue weighted by molar-refractivity contribution is 5.97. The largest absolute Gasteiger partial charge is 0.294 e. The molecule has 0 aliphatic heterocycles. The number of benzene rings is 1. The van der Waals surface area contributed by atoms with Crippen LogP contribution in [0.5, 0.6) is 0 Å². The van der Waals surface area contributed by atoms with Crippen molar-refractivity contribution in [2.24, 2.45) is 0 Å². The van der Waals surface area contributed by atoms with Gasteiger partial charge in [-0.3, -0.25) is 9.78 Å². The van der Waals surface area contributed by atoms with Crippen LogP contribution in [-0.4, -0.2) is 10.8 Å². The Bertz CT molecular complexity index is 584. The number of aromatic nitrogens is 1. The van der Waals surface area contributed by atoms with Gasteiger partial charge in [0.25, 0.3) is 0 Å². The third-order valence-corrected chi connectivity index (χ3v) is 2.45. The monoisotopic (exact) mass is 251 g/mol. The van der Waals surface area contributed by atoms with Crippen LogP contribution in [0.1, 0.15) is 15.9 Å². The van der Waals surface area contributed by atoms with Gasteiger partial charge in [-0.05, 0) is 29.8 Å². The van der Waals surface area contributed by atoms with Gasteiger partial charge in [-0.1, -0.05) is 0 Å². The summed E-state index contributed by atoms with van der Waals surface area (Å²) >= 11 is 0. The summed E-state index contributed by atoms with van der Waals surface area (Å²) in [5.41, 5.74) is 0.171. The van der Waals surface area contributed by atoms with Crippen LogP contribution in [0, 0.1) is 17.5 Å². The van der Waals surface area contributed by atoms with Crippen LogP contribution in [0.15, 0.2) is 36.7 Å². The highest BCUT2D eigenvalue weighted by atomic mass is 19.2. The molecule has 0 saturated carbocycles. The lowest BCUT2D eigenvalue weighted by Gasteiger charge is -2.04. The molecule has 0 aliphatic carbocycles. The molecule has 1 heterocycles. The number of hydrogen-bond acceptors (Lipinski definition) is 2. The Hall–Kier alpha value is -2.17. The zero-order valence-corrected chi connectivity index (χ0v) is 9.16. The van der Waals surface area contributed by atoms with E-state index in [0.29, 0.717) is 5.56 Å². The lowest BCUT2D eigenvalue weighted by Crippen LogP contribution is -2.08. The van der Waals surface area contributed by atoms with Crippen molar-refractivity contribution in [3.63, 3.8) is 0 Å². The molecule has 5 heteroatoms. The molecular formula is C13H8F3NO. The van der Waals surface area contributed by atoms with E-state index < -0.39 is 28.8 Å². The van der Waals surface area contributed by atoms with Crippen molar-refractivity contribution >= 4 is 5.78 Å². The number of hydrogen-bond donors (Lipinski definition) is 0. The lowest BCUT2D eigenvalue weighted by atomic mass is 10.0. The standard InChI is InChI=1S/C13H8F3NO/c14-10-2-1-9(12(15)13(10)16)11(18)7-8-3-5-17-6-4-8/h1-6H,7H2. The molecule has 0 amide bonds. The minimum Gasteiger partial charge on any atom is -0.294 e. The fourth-order valence-corrected chi connectivity index (χ4v) is 1.52. The van der Waals surface area contributed by atoms with Crippen LogP contribution in [-0.2, 0) is 6.42 Å². The first-order chi connectivity index (χ1) is 8.59. The van der Waals surface area contributed by atoms with Crippen molar-refractivity contribution in [3.05, 3.63) is 65.2 Å². The molecule has 1 aromatic carbocycles. The number of ketones is 1. The SMILES string of the molecule is O=C(Cc1ccncc1)c1ccc(F)c(F)c1F. The van der Waals surface area contributed by atoms with Gasteiger partial charge >= 0.3 is 0 Å². The maximum absolute atomic E-state index is 13.4. The molecule has 92 valence electrons. The molecule has 0 spiro atoms. The van der Waals surface area contributed by atoms with Crippen molar-refractivity contribution < 1.29 is 18.0 Å². The molecule has 18 heavy (non-hydrogen) atoms. The number of nitrogens with zero attached hydrogens (tertiary/aromatic N) is 1. The average molecular weight is 251 g/mol. The molecule has 2 nitrogen and oxygen atoms in total. The van der Waals surface area contributed by atoms with E-state index in [9.17, 15) is 18.0 Å². The summed E-state index contributed by atoms with van der Waals surface area (Å²) in [5.74, 6) is -5.00. The lowest BCUT2D eigenvalue weighted by molar-refractivity contribution is 0.0988. The molecule has 0 radical (unpaired) electrons. The third-order valence-electron chi connectivity index (χ3n) is 2.45. The number of carbonyl (C=O) groups is 1. The first-order valence-electron chi connectivity index (χ1n) is 5.15. The fourth-order valence-electron chi connectivity index (χ4n) is 1.52. The minimum atomic E-state index is -1.63. The first-order valence-corrected chi connectivity index (χ1v) is 5.15. The van der Waals surface area contributed by atoms with Gasteiger partial charge < -0.3 is 0 Å². The number of pyridine rings is 1. The summed E-state index contributed by atoms with van der Waals surface area (Å²) in [4.78, 5) is 15.5. The van der Waals surface area contributed by atoms with Crippen molar-refractivity contribution in [3.8, 4) is 0 Å². The van der Waals surface area contributed by atoms with E-state index in [1.165, 1.54) is 12.4 Å². The quantitative estimate of drug-likeness (QED) is 0.620. The van der Waals surface area contributed by atoms with E-state index in [2.05, 4.69) is 4.98 Å². The topological polar surface area (TPSA) is 30.0 Å².